The maximum Gasteiger partial charge on any atom is 0.119 e. The molecule has 84 valence electrons. The molecule has 0 bridgehead atoms. The van der Waals surface area contributed by atoms with Gasteiger partial charge in [0.05, 0.1) is 13.1 Å². The maximum atomic E-state index is 5.79. The molecule has 0 heterocycles. The largest absolute Gasteiger partial charge is 0.497 e. The van der Waals surface area contributed by atoms with Crippen LogP contribution in [0.3, 0.4) is 0 Å². The maximum absolute atomic E-state index is 5.79. The molecular weight excluding hydrogens is 222 g/mol. The Bertz CT molecular complexity index is 498. The zero-order valence-electron chi connectivity index (χ0n) is 9.40. The number of nitrogens with zero attached hydrogens (tertiary/aromatic N) is 1. The smallest absolute Gasteiger partial charge is 0.119 e. The molecule has 2 nitrogen and oxygen atoms in total. The Morgan fingerprint density at radius 3 is 2.50 bits per heavy atom. The lowest BCUT2D eigenvalue weighted by atomic mass is 10.1. The Hall–Kier alpha value is -1.41. The first-order chi connectivity index (χ1) is 7.74. The number of anilines is 1. The van der Waals surface area contributed by atoms with Crippen LogP contribution in [0.1, 0.15) is 0 Å². The van der Waals surface area contributed by atoms with Gasteiger partial charge >= 0.3 is 0 Å². The molecule has 0 saturated carbocycles. The molecule has 0 aromatic heterocycles. The van der Waals surface area contributed by atoms with Crippen LogP contribution in [-0.4, -0.2) is 20.2 Å². The topological polar surface area (TPSA) is 12.5 Å². The lowest BCUT2D eigenvalue weighted by Crippen LogP contribution is -2.13. The highest BCUT2D eigenvalue weighted by Gasteiger charge is 2.01. The summed E-state index contributed by atoms with van der Waals surface area (Å²) < 4.78 is 5.19. The third-order valence-corrected chi connectivity index (χ3v) is 3.01. The molecule has 2 aromatic carbocycles. The molecule has 0 spiro atoms. The summed E-state index contributed by atoms with van der Waals surface area (Å²) in [4.78, 5) is 1.99. The van der Waals surface area contributed by atoms with Crippen molar-refractivity contribution in [1.82, 2.24) is 0 Å². The molecule has 0 atom stereocenters. The van der Waals surface area contributed by atoms with Crippen LogP contribution in [-0.2, 0) is 0 Å². The van der Waals surface area contributed by atoms with Crippen LogP contribution in [0.2, 0.25) is 0 Å². The van der Waals surface area contributed by atoms with E-state index in [0.29, 0.717) is 6.00 Å². The number of rotatable bonds is 3. The van der Waals surface area contributed by atoms with Gasteiger partial charge in [0.25, 0.3) is 0 Å². The van der Waals surface area contributed by atoms with Crippen molar-refractivity contribution < 1.29 is 4.74 Å². The summed E-state index contributed by atoms with van der Waals surface area (Å²) in [6, 6.07) is 12.8. The van der Waals surface area contributed by atoms with E-state index < -0.39 is 0 Å². The Morgan fingerprint density at radius 1 is 1.12 bits per heavy atom. The third-order valence-electron chi connectivity index (χ3n) is 2.65. The summed E-state index contributed by atoms with van der Waals surface area (Å²) in [6.45, 7) is 0. The van der Waals surface area contributed by atoms with Crippen molar-refractivity contribution in [3.8, 4) is 5.75 Å². The van der Waals surface area contributed by atoms with E-state index in [-0.39, 0.29) is 0 Å². The van der Waals surface area contributed by atoms with Gasteiger partial charge in [-0.25, -0.2) is 0 Å². The molecule has 0 aliphatic rings. The van der Waals surface area contributed by atoms with Crippen LogP contribution in [0.25, 0.3) is 10.8 Å². The van der Waals surface area contributed by atoms with Crippen LogP contribution >= 0.6 is 11.6 Å². The van der Waals surface area contributed by atoms with Gasteiger partial charge in [0.2, 0.25) is 0 Å². The van der Waals surface area contributed by atoms with Crippen molar-refractivity contribution in [1.29, 1.82) is 0 Å². The first-order valence-electron chi connectivity index (χ1n) is 5.09. The van der Waals surface area contributed by atoms with Gasteiger partial charge in [-0.15, -0.1) is 11.6 Å². The van der Waals surface area contributed by atoms with Gasteiger partial charge in [-0.3, -0.25) is 0 Å². The van der Waals surface area contributed by atoms with Gasteiger partial charge in [0.15, 0.2) is 0 Å². The van der Waals surface area contributed by atoms with Crippen LogP contribution < -0.4 is 9.64 Å². The van der Waals surface area contributed by atoms with E-state index in [9.17, 15) is 0 Å². The zero-order valence-corrected chi connectivity index (χ0v) is 10.2. The van der Waals surface area contributed by atoms with Crippen molar-refractivity contribution in [2.24, 2.45) is 0 Å². The number of hydrogen-bond acceptors (Lipinski definition) is 2. The number of alkyl halides is 1. The molecule has 0 fully saturated rings. The number of fused-ring (bicyclic) bond motifs is 1. The average Bonchev–Trinajstić information content (AvgIpc) is 2.36. The van der Waals surface area contributed by atoms with E-state index in [0.717, 1.165) is 11.4 Å². The first-order valence-corrected chi connectivity index (χ1v) is 5.63. The van der Waals surface area contributed by atoms with Gasteiger partial charge in [0.1, 0.15) is 5.75 Å². The highest BCUT2D eigenvalue weighted by molar-refractivity contribution is 6.19. The molecule has 16 heavy (non-hydrogen) atoms. The molecule has 2 rings (SSSR count). The number of halogens is 1. The quantitative estimate of drug-likeness (QED) is 0.597. The molecule has 0 saturated heterocycles. The SMILES string of the molecule is COc1ccc2cc(N(C)CCl)ccc2c1. The summed E-state index contributed by atoms with van der Waals surface area (Å²) in [6.07, 6.45) is 0. The van der Waals surface area contributed by atoms with Crippen LogP contribution in [0.5, 0.6) is 5.75 Å². The van der Waals surface area contributed by atoms with Crippen molar-refractivity contribution in [2.75, 3.05) is 25.1 Å². The Balaban J connectivity index is 2.47. The Kier molecular flexibility index (Phi) is 3.20. The summed E-state index contributed by atoms with van der Waals surface area (Å²) >= 11 is 5.79. The minimum atomic E-state index is 0.488. The highest BCUT2D eigenvalue weighted by atomic mass is 35.5. The van der Waals surface area contributed by atoms with Gasteiger partial charge in [0, 0.05) is 12.7 Å². The molecule has 0 aliphatic carbocycles. The number of benzene rings is 2. The summed E-state index contributed by atoms with van der Waals surface area (Å²) in [5.41, 5.74) is 1.12. The molecule has 0 amide bonds. The molecule has 0 radical (unpaired) electrons. The molecular formula is C13H14ClNO. The fraction of sp³-hybridized carbons (Fsp3) is 0.231. The van der Waals surface area contributed by atoms with Crippen molar-refractivity contribution in [3.63, 3.8) is 0 Å². The molecule has 3 heteroatoms. The summed E-state index contributed by atoms with van der Waals surface area (Å²) in [7, 11) is 3.65. The van der Waals surface area contributed by atoms with Crippen LogP contribution in [0, 0.1) is 0 Å². The zero-order chi connectivity index (χ0) is 11.5. The van der Waals surface area contributed by atoms with E-state index in [1.165, 1.54) is 10.8 Å². The normalized spacial score (nSPS) is 10.4. The van der Waals surface area contributed by atoms with Gasteiger partial charge in [-0.1, -0.05) is 12.1 Å². The molecule has 2 aromatic rings. The molecule has 0 unspecified atom stereocenters. The monoisotopic (exact) mass is 235 g/mol. The lowest BCUT2D eigenvalue weighted by molar-refractivity contribution is 0.415. The van der Waals surface area contributed by atoms with Crippen LogP contribution in [0.4, 0.5) is 5.69 Å². The number of ether oxygens (including phenoxy) is 1. The van der Waals surface area contributed by atoms with Crippen molar-refractivity contribution >= 4 is 28.1 Å². The number of hydrogen-bond donors (Lipinski definition) is 0. The predicted molar refractivity (Wildman–Crippen MR) is 69.6 cm³/mol. The van der Waals surface area contributed by atoms with E-state index in [4.69, 9.17) is 16.3 Å². The van der Waals surface area contributed by atoms with Gasteiger partial charge < -0.3 is 9.64 Å². The van der Waals surface area contributed by atoms with E-state index in [2.05, 4.69) is 24.3 Å². The lowest BCUT2D eigenvalue weighted by Gasteiger charge is -2.16. The second kappa shape index (κ2) is 4.62. The molecule has 0 N–H and O–H groups in total. The second-order valence-corrected chi connectivity index (χ2v) is 3.95. The fourth-order valence-electron chi connectivity index (χ4n) is 1.64. The van der Waals surface area contributed by atoms with E-state index in [1.807, 2.05) is 24.1 Å². The van der Waals surface area contributed by atoms with Crippen molar-refractivity contribution in [2.45, 2.75) is 0 Å². The third kappa shape index (κ3) is 2.07. The standard InChI is InChI=1S/C13H14ClNO/c1-15(9-14)12-5-3-11-8-13(16-2)6-4-10(11)7-12/h3-8H,9H2,1-2H3. The summed E-state index contributed by atoms with van der Waals surface area (Å²) in [5, 5.41) is 2.36. The Morgan fingerprint density at radius 2 is 1.81 bits per heavy atom. The Labute approximate surface area is 100 Å². The average molecular weight is 236 g/mol. The van der Waals surface area contributed by atoms with E-state index in [1.54, 1.807) is 7.11 Å². The summed E-state index contributed by atoms with van der Waals surface area (Å²) in [5.74, 6) is 0.881. The predicted octanol–water partition coefficient (Wildman–Crippen LogP) is 3.48. The first kappa shape index (κ1) is 11.1. The van der Waals surface area contributed by atoms with Gasteiger partial charge in [-0.2, -0.15) is 0 Å². The minimum Gasteiger partial charge on any atom is -0.497 e. The van der Waals surface area contributed by atoms with Gasteiger partial charge in [-0.05, 0) is 35.0 Å². The second-order valence-electron chi connectivity index (χ2n) is 3.71. The van der Waals surface area contributed by atoms with Crippen LogP contribution in [0.15, 0.2) is 36.4 Å². The molecule has 0 aliphatic heterocycles. The van der Waals surface area contributed by atoms with E-state index >= 15 is 0 Å². The highest BCUT2D eigenvalue weighted by Crippen LogP contribution is 2.25. The fourth-order valence-corrected chi connectivity index (χ4v) is 1.78. The minimum absolute atomic E-state index is 0.488. The van der Waals surface area contributed by atoms with Crippen molar-refractivity contribution in [3.05, 3.63) is 36.4 Å². The number of methoxy groups -OCH3 is 1.